The standard InChI is InChI=1S/C18H22FNO3/c1-2-23-17(22)18(8-3-4-9-18)20-16(21)15-11-14(15)12-6-5-7-13(19)10-12/h5-7,10,14-15H,2-4,8-9,11H2,1H3,(H,20,21). The average molecular weight is 319 g/mol. The van der Waals surface area contributed by atoms with Gasteiger partial charge in [-0.05, 0) is 49.8 Å². The highest BCUT2D eigenvalue weighted by molar-refractivity contribution is 5.91. The summed E-state index contributed by atoms with van der Waals surface area (Å²) in [7, 11) is 0. The zero-order chi connectivity index (χ0) is 16.4. The summed E-state index contributed by atoms with van der Waals surface area (Å²) in [5, 5.41) is 2.95. The summed E-state index contributed by atoms with van der Waals surface area (Å²) in [5.41, 5.74) is -0.0101. The molecule has 0 aromatic heterocycles. The maximum absolute atomic E-state index is 13.3. The number of amides is 1. The molecular weight excluding hydrogens is 297 g/mol. The Morgan fingerprint density at radius 2 is 2.09 bits per heavy atom. The van der Waals surface area contributed by atoms with Gasteiger partial charge in [0.2, 0.25) is 5.91 Å². The van der Waals surface area contributed by atoms with E-state index >= 15 is 0 Å². The minimum atomic E-state index is -0.859. The second-order valence-corrected chi connectivity index (χ2v) is 6.50. The molecule has 3 rings (SSSR count). The van der Waals surface area contributed by atoms with Crippen LogP contribution in [-0.2, 0) is 14.3 Å². The van der Waals surface area contributed by atoms with Crippen LogP contribution in [0.3, 0.4) is 0 Å². The number of rotatable bonds is 5. The van der Waals surface area contributed by atoms with E-state index in [9.17, 15) is 14.0 Å². The van der Waals surface area contributed by atoms with Crippen LogP contribution >= 0.6 is 0 Å². The maximum Gasteiger partial charge on any atom is 0.331 e. The van der Waals surface area contributed by atoms with Crippen LogP contribution in [0.4, 0.5) is 4.39 Å². The van der Waals surface area contributed by atoms with Crippen molar-refractivity contribution in [3.63, 3.8) is 0 Å². The lowest BCUT2D eigenvalue weighted by molar-refractivity contribution is -0.153. The second-order valence-electron chi connectivity index (χ2n) is 6.50. The van der Waals surface area contributed by atoms with Crippen molar-refractivity contribution in [2.45, 2.75) is 50.5 Å². The molecule has 2 aliphatic rings. The Bertz CT molecular complexity index is 610. The molecule has 124 valence electrons. The Morgan fingerprint density at radius 3 is 2.74 bits per heavy atom. The summed E-state index contributed by atoms with van der Waals surface area (Å²) in [6.45, 7) is 2.08. The van der Waals surface area contributed by atoms with E-state index in [1.165, 1.54) is 12.1 Å². The molecule has 0 aliphatic heterocycles. The van der Waals surface area contributed by atoms with Gasteiger partial charge in [-0.1, -0.05) is 25.0 Å². The molecule has 1 amide bonds. The van der Waals surface area contributed by atoms with Crippen LogP contribution in [0.2, 0.25) is 0 Å². The quantitative estimate of drug-likeness (QED) is 0.849. The molecule has 1 aromatic rings. The molecule has 1 aromatic carbocycles. The third-order valence-electron chi connectivity index (χ3n) is 4.89. The second kappa shape index (κ2) is 6.30. The normalized spacial score (nSPS) is 25.0. The van der Waals surface area contributed by atoms with Gasteiger partial charge in [0.1, 0.15) is 11.4 Å². The van der Waals surface area contributed by atoms with Gasteiger partial charge in [0, 0.05) is 5.92 Å². The van der Waals surface area contributed by atoms with E-state index < -0.39 is 5.54 Å². The zero-order valence-corrected chi connectivity index (χ0v) is 13.3. The SMILES string of the molecule is CCOC(=O)C1(NC(=O)C2CC2c2cccc(F)c2)CCCC1. The van der Waals surface area contributed by atoms with Crippen molar-refractivity contribution in [3.05, 3.63) is 35.6 Å². The van der Waals surface area contributed by atoms with Gasteiger partial charge in [-0.25, -0.2) is 9.18 Å². The summed E-state index contributed by atoms with van der Waals surface area (Å²) < 4.78 is 18.5. The van der Waals surface area contributed by atoms with Crippen LogP contribution in [0.5, 0.6) is 0 Å². The Labute approximate surface area is 135 Å². The topological polar surface area (TPSA) is 55.4 Å². The smallest absolute Gasteiger partial charge is 0.331 e. The summed E-state index contributed by atoms with van der Waals surface area (Å²) in [4.78, 5) is 24.8. The van der Waals surface area contributed by atoms with Gasteiger partial charge in [0.25, 0.3) is 0 Å². The predicted octanol–water partition coefficient (Wildman–Crippen LogP) is 2.92. The minimum absolute atomic E-state index is 0.0475. The van der Waals surface area contributed by atoms with Crippen LogP contribution in [0.25, 0.3) is 0 Å². The van der Waals surface area contributed by atoms with Crippen LogP contribution in [0.15, 0.2) is 24.3 Å². The molecule has 0 radical (unpaired) electrons. The molecule has 0 spiro atoms. The Hall–Kier alpha value is -1.91. The highest BCUT2D eigenvalue weighted by Crippen LogP contribution is 2.48. The summed E-state index contributed by atoms with van der Waals surface area (Å²) in [6.07, 6.45) is 3.80. The average Bonchev–Trinajstić information content (AvgIpc) is 3.20. The van der Waals surface area contributed by atoms with Crippen molar-refractivity contribution in [2.24, 2.45) is 5.92 Å². The molecule has 2 saturated carbocycles. The summed E-state index contributed by atoms with van der Waals surface area (Å²) in [6, 6.07) is 6.39. The molecule has 1 N–H and O–H groups in total. The molecule has 0 heterocycles. The minimum Gasteiger partial charge on any atom is -0.464 e. The fraction of sp³-hybridized carbons (Fsp3) is 0.556. The third kappa shape index (κ3) is 3.23. The number of halogens is 1. The fourth-order valence-electron chi connectivity index (χ4n) is 3.55. The molecule has 23 heavy (non-hydrogen) atoms. The van der Waals surface area contributed by atoms with Gasteiger partial charge in [-0.3, -0.25) is 4.79 Å². The van der Waals surface area contributed by atoms with Gasteiger partial charge in [0.05, 0.1) is 6.61 Å². The van der Waals surface area contributed by atoms with Gasteiger partial charge in [-0.2, -0.15) is 0 Å². The number of nitrogens with one attached hydrogen (secondary N) is 1. The number of esters is 1. The van der Waals surface area contributed by atoms with Gasteiger partial charge >= 0.3 is 5.97 Å². The Morgan fingerprint density at radius 1 is 1.35 bits per heavy atom. The van der Waals surface area contributed by atoms with Crippen molar-refractivity contribution < 1.29 is 18.7 Å². The third-order valence-corrected chi connectivity index (χ3v) is 4.89. The fourth-order valence-corrected chi connectivity index (χ4v) is 3.55. The monoisotopic (exact) mass is 319 g/mol. The van der Waals surface area contributed by atoms with Crippen LogP contribution in [-0.4, -0.2) is 24.0 Å². The number of ether oxygens (including phenoxy) is 1. The number of hydrogen-bond donors (Lipinski definition) is 1. The van der Waals surface area contributed by atoms with E-state index in [0.29, 0.717) is 25.9 Å². The Balaban J connectivity index is 1.66. The summed E-state index contributed by atoms with van der Waals surface area (Å²) >= 11 is 0. The maximum atomic E-state index is 13.3. The number of carbonyl (C=O) groups excluding carboxylic acids is 2. The lowest BCUT2D eigenvalue weighted by Crippen LogP contribution is -2.54. The summed E-state index contributed by atoms with van der Waals surface area (Å²) in [5.74, 6) is -0.856. The van der Waals surface area contributed by atoms with Crippen LogP contribution in [0, 0.1) is 11.7 Å². The van der Waals surface area contributed by atoms with Crippen molar-refractivity contribution >= 4 is 11.9 Å². The van der Waals surface area contributed by atoms with Crippen molar-refractivity contribution in [1.82, 2.24) is 5.32 Å². The lowest BCUT2D eigenvalue weighted by atomic mass is 9.97. The van der Waals surface area contributed by atoms with Crippen LogP contribution < -0.4 is 5.32 Å². The molecular formula is C18H22FNO3. The first-order valence-electron chi connectivity index (χ1n) is 8.30. The van der Waals surface area contributed by atoms with E-state index in [4.69, 9.17) is 4.74 Å². The van der Waals surface area contributed by atoms with Crippen molar-refractivity contribution in [2.75, 3.05) is 6.61 Å². The van der Waals surface area contributed by atoms with Gasteiger partial charge in [0.15, 0.2) is 0 Å². The molecule has 5 heteroatoms. The van der Waals surface area contributed by atoms with E-state index in [-0.39, 0.29) is 29.5 Å². The van der Waals surface area contributed by atoms with Gasteiger partial charge < -0.3 is 10.1 Å². The number of benzene rings is 1. The molecule has 0 saturated heterocycles. The molecule has 0 bridgehead atoms. The number of hydrogen-bond acceptors (Lipinski definition) is 3. The van der Waals surface area contributed by atoms with Crippen LogP contribution in [0.1, 0.15) is 50.5 Å². The molecule has 2 fully saturated rings. The molecule has 4 nitrogen and oxygen atoms in total. The highest BCUT2D eigenvalue weighted by Gasteiger charge is 2.50. The highest BCUT2D eigenvalue weighted by atomic mass is 19.1. The van der Waals surface area contributed by atoms with Gasteiger partial charge in [-0.15, -0.1) is 0 Å². The first kappa shape index (κ1) is 16.0. The lowest BCUT2D eigenvalue weighted by Gasteiger charge is -2.27. The molecule has 2 atom stereocenters. The first-order chi connectivity index (χ1) is 11.1. The zero-order valence-electron chi connectivity index (χ0n) is 13.3. The molecule has 2 unspecified atom stereocenters. The van der Waals surface area contributed by atoms with Crippen molar-refractivity contribution in [3.8, 4) is 0 Å². The molecule has 2 aliphatic carbocycles. The Kier molecular flexibility index (Phi) is 4.37. The predicted molar refractivity (Wildman–Crippen MR) is 83.2 cm³/mol. The van der Waals surface area contributed by atoms with E-state index in [0.717, 1.165) is 18.4 Å². The number of carbonyl (C=O) groups is 2. The van der Waals surface area contributed by atoms with E-state index in [1.807, 2.05) is 6.07 Å². The van der Waals surface area contributed by atoms with Crippen molar-refractivity contribution in [1.29, 1.82) is 0 Å². The van der Waals surface area contributed by atoms with E-state index in [2.05, 4.69) is 5.32 Å². The van der Waals surface area contributed by atoms with E-state index in [1.54, 1.807) is 13.0 Å². The largest absolute Gasteiger partial charge is 0.464 e. The first-order valence-corrected chi connectivity index (χ1v) is 8.30.